The largest absolute Gasteiger partial charge is 0.480 e. The van der Waals surface area contributed by atoms with Crippen LogP contribution in [0, 0.1) is 0 Å². The zero-order chi connectivity index (χ0) is 27.0. The summed E-state index contributed by atoms with van der Waals surface area (Å²) >= 11 is 13.5. The molecule has 3 rings (SSSR count). The fourth-order valence-electron chi connectivity index (χ4n) is 3.79. The zero-order valence-electron chi connectivity index (χ0n) is 20.6. The topological polar surface area (TPSA) is 119 Å². The van der Waals surface area contributed by atoms with Crippen LogP contribution < -0.4 is 10.6 Å². The average Bonchev–Trinajstić information content (AvgIpc) is 3.18. The summed E-state index contributed by atoms with van der Waals surface area (Å²) in [6, 6.07) is 5.94. The summed E-state index contributed by atoms with van der Waals surface area (Å²) < 4.78 is 0. The van der Waals surface area contributed by atoms with Gasteiger partial charge < -0.3 is 20.2 Å². The number of carboxylic acid groups (broad SMARTS) is 1. The van der Waals surface area contributed by atoms with Crippen molar-refractivity contribution in [2.45, 2.75) is 45.6 Å². The lowest BCUT2D eigenvalue weighted by Gasteiger charge is -2.45. The van der Waals surface area contributed by atoms with Gasteiger partial charge in [0, 0.05) is 18.0 Å². The third-order valence-corrected chi connectivity index (χ3v) is 8.07. The molecule has 0 aliphatic carbocycles. The Kier molecular flexibility index (Phi) is 7.92. The van der Waals surface area contributed by atoms with Crippen molar-refractivity contribution >= 4 is 69.0 Å². The zero-order valence-corrected chi connectivity index (χ0v) is 22.9. The number of hydrogen-bond donors (Lipinski definition) is 3. The van der Waals surface area contributed by atoms with Gasteiger partial charge in [0.1, 0.15) is 17.1 Å². The van der Waals surface area contributed by atoms with Crippen molar-refractivity contribution in [3.63, 3.8) is 0 Å². The second kappa shape index (κ2) is 10.3. The van der Waals surface area contributed by atoms with E-state index in [0.717, 1.165) is 4.88 Å². The summed E-state index contributed by atoms with van der Waals surface area (Å²) in [5.74, 6) is -2.02. The lowest BCUT2D eigenvalue weighted by atomic mass is 9.93. The van der Waals surface area contributed by atoms with Gasteiger partial charge in [0.25, 0.3) is 5.91 Å². The summed E-state index contributed by atoms with van der Waals surface area (Å²) in [5.41, 5.74) is -1.03. The predicted molar refractivity (Wildman–Crippen MR) is 141 cm³/mol. The number of carbonyl (C=O) groups is 4. The van der Waals surface area contributed by atoms with E-state index < -0.39 is 35.9 Å². The molecule has 1 aromatic heterocycles. The number of nitrogens with zero attached hydrogens (tertiary/aromatic N) is 2. The molecule has 2 heterocycles. The molecule has 1 aliphatic rings. The van der Waals surface area contributed by atoms with Crippen LogP contribution in [0.3, 0.4) is 0 Å². The standard InChI is InChI=1S/C24H28Cl2N4O5S/c1-23(2,3)16-11-13(19(36-16)28-22(35)27-15-8-6-7-14(25)18(15)26)20(33)30-10-9-29(12-17(31)32)21(34)24(30,4)5/h6-8,11H,9-10,12H2,1-5H3,(H,31,32)(H2,27,28,35). The fraction of sp³-hybridized carbons (Fsp3) is 0.417. The first kappa shape index (κ1) is 27.8. The van der Waals surface area contributed by atoms with Crippen LogP contribution in [-0.4, -0.2) is 63.9 Å². The third-order valence-electron chi connectivity index (χ3n) is 5.78. The number of piperazine rings is 1. The third kappa shape index (κ3) is 5.77. The van der Waals surface area contributed by atoms with Crippen LogP contribution in [0.5, 0.6) is 0 Å². The molecule has 0 saturated carbocycles. The van der Waals surface area contributed by atoms with E-state index in [4.69, 9.17) is 28.3 Å². The molecule has 12 heteroatoms. The highest BCUT2D eigenvalue weighted by atomic mass is 35.5. The number of aliphatic carboxylic acids is 1. The van der Waals surface area contributed by atoms with Crippen molar-refractivity contribution < 1.29 is 24.3 Å². The number of thiophene rings is 1. The molecule has 0 unspecified atom stereocenters. The molecule has 2 aromatic rings. The highest BCUT2D eigenvalue weighted by Crippen LogP contribution is 2.38. The van der Waals surface area contributed by atoms with Crippen LogP contribution in [0.2, 0.25) is 10.0 Å². The molecule has 0 radical (unpaired) electrons. The van der Waals surface area contributed by atoms with Gasteiger partial charge in [-0.3, -0.25) is 19.7 Å². The molecule has 1 aromatic carbocycles. The summed E-state index contributed by atoms with van der Waals surface area (Å²) in [6.07, 6.45) is 0. The quantitative estimate of drug-likeness (QED) is 0.472. The van der Waals surface area contributed by atoms with E-state index in [-0.39, 0.29) is 34.1 Å². The molecule has 194 valence electrons. The van der Waals surface area contributed by atoms with E-state index in [1.165, 1.54) is 21.1 Å². The van der Waals surface area contributed by atoms with E-state index >= 15 is 0 Å². The van der Waals surface area contributed by atoms with Crippen molar-refractivity contribution in [3.05, 3.63) is 44.8 Å². The minimum absolute atomic E-state index is 0.0904. The number of carboxylic acids is 1. The number of anilines is 2. The number of halogens is 2. The van der Waals surface area contributed by atoms with E-state index in [1.807, 2.05) is 20.8 Å². The van der Waals surface area contributed by atoms with E-state index in [0.29, 0.717) is 10.7 Å². The Bertz CT molecular complexity index is 1220. The van der Waals surface area contributed by atoms with Gasteiger partial charge in [-0.05, 0) is 37.5 Å². The maximum atomic E-state index is 13.7. The van der Waals surface area contributed by atoms with Crippen molar-refractivity contribution in [2.24, 2.45) is 0 Å². The number of amides is 4. The van der Waals surface area contributed by atoms with Gasteiger partial charge in [-0.15, -0.1) is 11.3 Å². The van der Waals surface area contributed by atoms with Crippen LogP contribution in [0.1, 0.15) is 49.9 Å². The monoisotopic (exact) mass is 554 g/mol. The first-order valence-electron chi connectivity index (χ1n) is 11.1. The number of carbonyl (C=O) groups excluding carboxylic acids is 3. The minimum Gasteiger partial charge on any atom is -0.480 e. The predicted octanol–water partition coefficient (Wildman–Crippen LogP) is 5.14. The van der Waals surface area contributed by atoms with Gasteiger partial charge >= 0.3 is 12.0 Å². The Balaban J connectivity index is 1.91. The summed E-state index contributed by atoms with van der Waals surface area (Å²) in [4.78, 5) is 54.2. The van der Waals surface area contributed by atoms with E-state index in [2.05, 4.69) is 10.6 Å². The van der Waals surface area contributed by atoms with Gasteiger partial charge in [0.05, 0.1) is 21.3 Å². The number of hydrogen-bond acceptors (Lipinski definition) is 5. The summed E-state index contributed by atoms with van der Waals surface area (Å²) in [6.45, 7) is 8.93. The lowest BCUT2D eigenvalue weighted by Crippen LogP contribution is -2.65. The molecular formula is C24H28Cl2N4O5S. The van der Waals surface area contributed by atoms with Crippen molar-refractivity contribution in [2.75, 3.05) is 30.3 Å². The molecule has 1 aliphatic heterocycles. The van der Waals surface area contributed by atoms with E-state index in [9.17, 15) is 19.2 Å². The van der Waals surface area contributed by atoms with Crippen LogP contribution in [0.4, 0.5) is 15.5 Å². The van der Waals surface area contributed by atoms with Crippen LogP contribution in [0.25, 0.3) is 0 Å². The Morgan fingerprint density at radius 1 is 1.14 bits per heavy atom. The molecule has 0 spiro atoms. The highest BCUT2D eigenvalue weighted by molar-refractivity contribution is 7.16. The number of rotatable bonds is 5. The second-order valence-corrected chi connectivity index (χ2v) is 11.8. The lowest BCUT2D eigenvalue weighted by molar-refractivity contribution is -0.153. The second-order valence-electron chi connectivity index (χ2n) is 9.92. The van der Waals surface area contributed by atoms with Gasteiger partial charge in [-0.1, -0.05) is 50.0 Å². The molecule has 4 amide bonds. The number of nitrogens with one attached hydrogen (secondary N) is 2. The summed E-state index contributed by atoms with van der Waals surface area (Å²) in [7, 11) is 0. The number of benzene rings is 1. The smallest absolute Gasteiger partial charge is 0.324 e. The van der Waals surface area contributed by atoms with Crippen molar-refractivity contribution in [1.82, 2.24) is 9.80 Å². The fourth-order valence-corrected chi connectivity index (χ4v) is 5.24. The van der Waals surface area contributed by atoms with Gasteiger partial charge in [-0.25, -0.2) is 4.79 Å². The molecule has 9 nitrogen and oxygen atoms in total. The van der Waals surface area contributed by atoms with E-state index in [1.54, 1.807) is 38.1 Å². The molecular weight excluding hydrogens is 527 g/mol. The van der Waals surface area contributed by atoms with Gasteiger partial charge in [0.15, 0.2) is 0 Å². The van der Waals surface area contributed by atoms with Crippen LogP contribution in [-0.2, 0) is 15.0 Å². The highest BCUT2D eigenvalue weighted by Gasteiger charge is 2.45. The number of urea groups is 1. The molecule has 3 N–H and O–H groups in total. The van der Waals surface area contributed by atoms with Crippen molar-refractivity contribution in [1.29, 1.82) is 0 Å². The Hall–Kier alpha value is -2.82. The Labute approximate surface area is 223 Å². The SMILES string of the molecule is CC(C)(C)c1cc(C(=O)N2CCN(CC(=O)O)C(=O)C2(C)C)c(NC(=O)Nc2cccc(Cl)c2Cl)s1. The van der Waals surface area contributed by atoms with Crippen LogP contribution >= 0.6 is 34.5 Å². The molecule has 1 fully saturated rings. The molecule has 1 saturated heterocycles. The maximum absolute atomic E-state index is 13.7. The Morgan fingerprint density at radius 3 is 2.42 bits per heavy atom. The van der Waals surface area contributed by atoms with Gasteiger partial charge in [-0.2, -0.15) is 0 Å². The first-order valence-corrected chi connectivity index (χ1v) is 12.7. The van der Waals surface area contributed by atoms with Crippen molar-refractivity contribution in [3.8, 4) is 0 Å². The molecule has 0 bridgehead atoms. The Morgan fingerprint density at radius 2 is 1.81 bits per heavy atom. The first-order chi connectivity index (χ1) is 16.6. The molecule has 0 atom stereocenters. The summed E-state index contributed by atoms with van der Waals surface area (Å²) in [5, 5.41) is 15.3. The minimum atomic E-state index is -1.28. The average molecular weight is 555 g/mol. The van der Waals surface area contributed by atoms with Crippen LogP contribution in [0.15, 0.2) is 24.3 Å². The normalized spacial score (nSPS) is 15.6. The maximum Gasteiger partial charge on any atom is 0.324 e. The van der Waals surface area contributed by atoms with Gasteiger partial charge in [0.2, 0.25) is 5.91 Å². The molecule has 36 heavy (non-hydrogen) atoms.